The molecule has 68 heavy (non-hydrogen) atoms. The monoisotopic (exact) mass is 875 g/mol. The van der Waals surface area contributed by atoms with E-state index in [1.54, 1.807) is 0 Å². The highest BCUT2D eigenvalue weighted by Crippen LogP contribution is 2.65. The number of benzene rings is 9. The molecule has 1 aliphatic carbocycles. The van der Waals surface area contributed by atoms with Crippen molar-refractivity contribution < 1.29 is 0 Å². The highest BCUT2D eigenvalue weighted by molar-refractivity contribution is 7.00. The molecule has 0 bridgehead atoms. The fourth-order valence-corrected chi connectivity index (χ4v) is 12.6. The van der Waals surface area contributed by atoms with Crippen LogP contribution in [0.3, 0.4) is 0 Å². The second-order valence-corrected chi connectivity index (χ2v) is 20.8. The van der Waals surface area contributed by atoms with Gasteiger partial charge in [-0.2, -0.15) is 0 Å². The molecule has 0 amide bonds. The van der Waals surface area contributed by atoms with Crippen LogP contribution in [0, 0.1) is 0 Å². The molecule has 0 radical (unpaired) electrons. The van der Waals surface area contributed by atoms with Crippen LogP contribution in [0.5, 0.6) is 0 Å². The minimum atomic E-state index is -0.393. The van der Waals surface area contributed by atoms with E-state index < -0.39 is 5.54 Å². The summed E-state index contributed by atoms with van der Waals surface area (Å²) in [5.74, 6) is 0. The number of para-hydroxylation sites is 2. The zero-order chi connectivity index (χ0) is 45.9. The van der Waals surface area contributed by atoms with Crippen molar-refractivity contribution in [2.45, 2.75) is 63.8 Å². The maximum atomic E-state index is 2.76. The molecule has 4 heteroatoms. The molecule has 9 aromatic carbocycles. The van der Waals surface area contributed by atoms with Gasteiger partial charge in [-0.15, -0.1) is 0 Å². The van der Waals surface area contributed by atoms with Gasteiger partial charge < -0.3 is 14.7 Å². The van der Waals surface area contributed by atoms with Crippen LogP contribution in [0.4, 0.5) is 45.5 Å². The predicted octanol–water partition coefficient (Wildman–Crippen LogP) is 14.7. The average molecular weight is 876 g/mol. The van der Waals surface area contributed by atoms with Gasteiger partial charge in [0.25, 0.3) is 6.71 Å². The van der Waals surface area contributed by atoms with Gasteiger partial charge in [0, 0.05) is 50.9 Å². The van der Waals surface area contributed by atoms with Gasteiger partial charge >= 0.3 is 0 Å². The molecular formula is C64H54BN3. The average Bonchev–Trinajstić information content (AvgIpc) is 3.59. The third-order valence-corrected chi connectivity index (χ3v) is 16.2. The van der Waals surface area contributed by atoms with Crippen LogP contribution in [-0.4, -0.2) is 6.71 Å². The van der Waals surface area contributed by atoms with E-state index in [-0.39, 0.29) is 17.5 Å². The number of nitrogens with zero attached hydrogens (tertiary/aromatic N) is 3. The summed E-state index contributed by atoms with van der Waals surface area (Å²) in [6.45, 7) is 12.1. The fourth-order valence-electron chi connectivity index (χ4n) is 12.6. The quantitative estimate of drug-likeness (QED) is 0.160. The van der Waals surface area contributed by atoms with Crippen molar-refractivity contribution >= 4 is 68.6 Å². The number of rotatable bonds is 5. The molecule has 4 aliphatic rings. The van der Waals surface area contributed by atoms with Crippen LogP contribution in [0.15, 0.2) is 212 Å². The largest absolute Gasteiger partial charge is 0.330 e. The normalized spacial score (nSPS) is 18.5. The van der Waals surface area contributed by atoms with Crippen molar-refractivity contribution in [3.8, 4) is 22.3 Å². The van der Waals surface area contributed by atoms with Gasteiger partial charge in [-0.05, 0) is 141 Å². The summed E-state index contributed by atoms with van der Waals surface area (Å²) in [5, 5.41) is 0. The third kappa shape index (κ3) is 5.86. The third-order valence-electron chi connectivity index (χ3n) is 16.2. The van der Waals surface area contributed by atoms with E-state index in [2.05, 4.69) is 262 Å². The van der Waals surface area contributed by atoms with Crippen molar-refractivity contribution in [1.29, 1.82) is 0 Å². The van der Waals surface area contributed by atoms with Gasteiger partial charge in [0.2, 0.25) is 0 Å². The molecule has 13 rings (SSSR count). The van der Waals surface area contributed by atoms with Crippen LogP contribution in [0.2, 0.25) is 0 Å². The number of fused-ring (bicyclic) bond motifs is 9. The van der Waals surface area contributed by atoms with Crippen LogP contribution in [0.1, 0.15) is 63.3 Å². The first-order valence-electron chi connectivity index (χ1n) is 24.4. The Labute approximate surface area is 402 Å². The molecule has 328 valence electrons. The second-order valence-electron chi connectivity index (χ2n) is 20.8. The Kier molecular flexibility index (Phi) is 8.96. The van der Waals surface area contributed by atoms with Crippen molar-refractivity contribution in [1.82, 2.24) is 0 Å². The number of hydrogen-bond donors (Lipinski definition) is 0. The molecule has 0 saturated carbocycles. The smallest absolute Gasteiger partial charge is 0.252 e. The molecule has 2 unspecified atom stereocenters. The highest BCUT2D eigenvalue weighted by atomic mass is 15.3. The Hall–Kier alpha value is -7.56. The highest BCUT2D eigenvalue weighted by Gasteiger charge is 2.60. The lowest BCUT2D eigenvalue weighted by atomic mass is 9.33. The van der Waals surface area contributed by atoms with Gasteiger partial charge in [-0.3, -0.25) is 0 Å². The summed E-state index contributed by atoms with van der Waals surface area (Å²) < 4.78 is 0. The lowest BCUT2D eigenvalue weighted by molar-refractivity contribution is 0.245. The lowest BCUT2D eigenvalue weighted by Gasteiger charge is -2.52. The maximum absolute atomic E-state index is 2.76. The van der Waals surface area contributed by atoms with E-state index in [9.17, 15) is 0 Å². The zero-order valence-electron chi connectivity index (χ0n) is 39.5. The van der Waals surface area contributed by atoms with Crippen LogP contribution < -0.4 is 31.1 Å². The maximum Gasteiger partial charge on any atom is 0.252 e. The molecule has 9 aromatic rings. The van der Waals surface area contributed by atoms with Crippen LogP contribution in [0.25, 0.3) is 22.3 Å². The van der Waals surface area contributed by atoms with Gasteiger partial charge in [0.1, 0.15) is 0 Å². The predicted molar refractivity (Wildman–Crippen MR) is 288 cm³/mol. The molecule has 0 N–H and O–H groups in total. The molecular weight excluding hydrogens is 822 g/mol. The van der Waals surface area contributed by atoms with Gasteiger partial charge in [-0.25, -0.2) is 0 Å². The lowest BCUT2D eigenvalue weighted by Crippen LogP contribution is -2.61. The Balaban J connectivity index is 1.15. The molecule has 3 aliphatic heterocycles. The summed E-state index contributed by atoms with van der Waals surface area (Å²) in [4.78, 5) is 7.91. The molecule has 3 nitrogen and oxygen atoms in total. The summed E-state index contributed by atoms with van der Waals surface area (Å²) in [6.07, 6.45) is 2.12. The summed E-state index contributed by atoms with van der Waals surface area (Å²) >= 11 is 0. The van der Waals surface area contributed by atoms with E-state index in [4.69, 9.17) is 0 Å². The fraction of sp³-hybridized carbons (Fsp3) is 0.156. The van der Waals surface area contributed by atoms with E-state index in [1.165, 1.54) is 95.0 Å². The Morgan fingerprint density at radius 2 is 1.01 bits per heavy atom. The Morgan fingerprint density at radius 3 is 1.74 bits per heavy atom. The molecule has 0 saturated heterocycles. The first-order chi connectivity index (χ1) is 33.1. The SMILES string of the molecule is CC(C)(C)c1ccc2c(c1)C1(C)CCc3ccccc3C1(C)N2c1cc2c3c(c1)N(c1cccc(-c4ccccc4)c1)c1cc(-c4ccccc4)ccc1B3c1ccccc1N2c1ccccc1. The first kappa shape index (κ1) is 40.7. The van der Waals surface area contributed by atoms with Gasteiger partial charge in [-0.1, -0.05) is 185 Å². The van der Waals surface area contributed by atoms with Crippen molar-refractivity contribution in [2.24, 2.45) is 0 Å². The van der Waals surface area contributed by atoms with Crippen LogP contribution in [-0.2, 0) is 22.8 Å². The van der Waals surface area contributed by atoms with Crippen molar-refractivity contribution in [3.63, 3.8) is 0 Å². The summed E-state index contributed by atoms with van der Waals surface area (Å²) in [6, 6.07) is 80.1. The molecule has 0 fully saturated rings. The minimum absolute atomic E-state index is 0.00458. The molecule has 3 heterocycles. The van der Waals surface area contributed by atoms with E-state index >= 15 is 0 Å². The number of anilines is 8. The van der Waals surface area contributed by atoms with E-state index in [1.807, 2.05) is 0 Å². The summed E-state index contributed by atoms with van der Waals surface area (Å²) in [5.41, 5.74) is 23.5. The Bertz CT molecular complexity index is 3450. The number of hydrogen-bond acceptors (Lipinski definition) is 3. The van der Waals surface area contributed by atoms with E-state index in [0.717, 1.165) is 24.2 Å². The van der Waals surface area contributed by atoms with Gasteiger partial charge in [0.15, 0.2) is 0 Å². The topological polar surface area (TPSA) is 9.72 Å². The van der Waals surface area contributed by atoms with Gasteiger partial charge in [0.05, 0.1) is 5.54 Å². The number of aryl methyl sites for hydroxylation is 1. The zero-order valence-corrected chi connectivity index (χ0v) is 39.5. The minimum Gasteiger partial charge on any atom is -0.330 e. The first-order valence-corrected chi connectivity index (χ1v) is 24.4. The van der Waals surface area contributed by atoms with Crippen molar-refractivity contribution in [3.05, 3.63) is 235 Å². The van der Waals surface area contributed by atoms with E-state index in [0.29, 0.717) is 0 Å². The van der Waals surface area contributed by atoms with Crippen molar-refractivity contribution in [2.75, 3.05) is 14.7 Å². The molecule has 2 atom stereocenters. The molecule has 0 aromatic heterocycles. The van der Waals surface area contributed by atoms with Crippen LogP contribution >= 0.6 is 0 Å². The second kappa shape index (κ2) is 15.0. The summed E-state index contributed by atoms with van der Waals surface area (Å²) in [7, 11) is 0. The Morgan fingerprint density at radius 1 is 0.426 bits per heavy atom. The molecule has 0 spiro atoms. The standard InChI is InChI=1S/C64H54BN3/c1-62(2,3)48-33-35-56-53(40-48)63(4)37-36-45-24-15-16-29-52(45)64(63,5)68(56)51-41-59-61-60(42-51)67(50-28-19-25-46(38-50)43-20-9-6-10-21-43)58-39-47(44-22-11-7-12-23-44)32-34-55(58)65(61)54-30-17-18-31-57(54)66(59)49-26-13-8-14-27-49/h6-35,38-42H,36-37H2,1-5H3.